The highest BCUT2D eigenvalue weighted by Gasteiger charge is 2.24. The van der Waals surface area contributed by atoms with Gasteiger partial charge in [0.15, 0.2) is 0 Å². The quantitative estimate of drug-likeness (QED) is 0.591. The summed E-state index contributed by atoms with van der Waals surface area (Å²) in [4.78, 5) is 6.85. The molecule has 0 bridgehead atoms. The number of methoxy groups -OCH3 is 1. The summed E-state index contributed by atoms with van der Waals surface area (Å²) in [7, 11) is 1.65. The van der Waals surface area contributed by atoms with Crippen molar-refractivity contribution in [1.29, 1.82) is 5.41 Å². The maximum absolute atomic E-state index is 8.31. The predicted octanol–water partition coefficient (Wildman–Crippen LogP) is 5.30. The van der Waals surface area contributed by atoms with E-state index in [0.29, 0.717) is 17.4 Å². The van der Waals surface area contributed by atoms with Gasteiger partial charge in [-0.3, -0.25) is 10.4 Å². The van der Waals surface area contributed by atoms with Gasteiger partial charge in [0.2, 0.25) is 0 Å². The van der Waals surface area contributed by atoms with E-state index in [1.165, 1.54) is 0 Å². The highest BCUT2D eigenvalue weighted by Crippen LogP contribution is 2.33. The zero-order valence-electron chi connectivity index (χ0n) is 15.2. The molecule has 1 heterocycles. The Balaban J connectivity index is 2.25. The second-order valence-corrected chi connectivity index (χ2v) is 6.52. The van der Waals surface area contributed by atoms with Gasteiger partial charge in [-0.05, 0) is 43.7 Å². The minimum absolute atomic E-state index is 0.462. The number of anilines is 1. The molecule has 0 spiro atoms. The van der Waals surface area contributed by atoms with Crippen LogP contribution in [0.15, 0.2) is 59.2 Å². The van der Waals surface area contributed by atoms with E-state index in [0.717, 1.165) is 40.4 Å². The van der Waals surface area contributed by atoms with Crippen LogP contribution in [0.25, 0.3) is 0 Å². The van der Waals surface area contributed by atoms with E-state index in [2.05, 4.69) is 13.0 Å². The molecule has 134 valence electrons. The molecule has 0 aromatic heterocycles. The molecule has 4 nitrogen and oxygen atoms in total. The number of halogens is 1. The van der Waals surface area contributed by atoms with Gasteiger partial charge in [0.25, 0.3) is 0 Å². The van der Waals surface area contributed by atoms with Crippen molar-refractivity contribution >= 4 is 28.8 Å². The Morgan fingerprint density at radius 1 is 1.27 bits per heavy atom. The Morgan fingerprint density at radius 3 is 2.62 bits per heavy atom. The predicted molar refractivity (Wildman–Crippen MR) is 109 cm³/mol. The van der Waals surface area contributed by atoms with Gasteiger partial charge < -0.3 is 9.64 Å². The molecule has 0 saturated carbocycles. The molecule has 5 heteroatoms. The van der Waals surface area contributed by atoms with Gasteiger partial charge in [-0.15, -0.1) is 0 Å². The fourth-order valence-corrected chi connectivity index (χ4v) is 3.27. The Morgan fingerprint density at radius 2 is 2.00 bits per heavy atom. The van der Waals surface area contributed by atoms with E-state index < -0.39 is 0 Å². The fraction of sp³-hybridized carbons (Fsp3) is 0.238. The normalized spacial score (nSPS) is 15.3. The number of fused-ring (bicyclic) bond motifs is 1. The van der Waals surface area contributed by atoms with Crippen LogP contribution in [0, 0.1) is 5.41 Å². The minimum Gasteiger partial charge on any atom is -0.497 e. The van der Waals surface area contributed by atoms with Crippen LogP contribution in [0.5, 0.6) is 5.75 Å². The maximum Gasteiger partial charge on any atom is 0.119 e. The van der Waals surface area contributed by atoms with Crippen molar-refractivity contribution in [3.63, 3.8) is 0 Å². The van der Waals surface area contributed by atoms with Crippen molar-refractivity contribution in [2.45, 2.75) is 20.3 Å². The number of amidine groups is 1. The zero-order valence-corrected chi connectivity index (χ0v) is 16.0. The third-order valence-corrected chi connectivity index (χ3v) is 4.53. The van der Waals surface area contributed by atoms with E-state index in [1.807, 2.05) is 47.4 Å². The molecule has 0 aliphatic carbocycles. The minimum atomic E-state index is 0.462. The number of ether oxygens (including phenoxy) is 1. The van der Waals surface area contributed by atoms with Crippen molar-refractivity contribution in [1.82, 2.24) is 0 Å². The number of rotatable bonds is 3. The molecule has 1 N–H and O–H groups in total. The van der Waals surface area contributed by atoms with E-state index in [-0.39, 0.29) is 0 Å². The molecule has 1 aliphatic rings. The molecule has 0 saturated heterocycles. The first kappa shape index (κ1) is 18.2. The first-order valence-corrected chi connectivity index (χ1v) is 8.96. The molecule has 0 radical (unpaired) electrons. The van der Waals surface area contributed by atoms with Gasteiger partial charge in [-0.1, -0.05) is 36.7 Å². The number of aliphatic imine (C=N–C) groups is 1. The first-order valence-electron chi connectivity index (χ1n) is 8.58. The van der Waals surface area contributed by atoms with E-state index >= 15 is 0 Å². The lowest BCUT2D eigenvalue weighted by Crippen LogP contribution is -2.28. The fourth-order valence-electron chi connectivity index (χ4n) is 3.14. The van der Waals surface area contributed by atoms with E-state index in [1.54, 1.807) is 14.0 Å². The van der Waals surface area contributed by atoms with Crippen LogP contribution in [0.1, 0.15) is 31.4 Å². The van der Waals surface area contributed by atoms with Crippen LogP contribution in [-0.4, -0.2) is 25.2 Å². The van der Waals surface area contributed by atoms with Crippen LogP contribution < -0.4 is 9.64 Å². The Bertz CT molecular complexity index is 885. The second kappa shape index (κ2) is 7.75. The molecule has 0 fully saturated rings. The smallest absolute Gasteiger partial charge is 0.119 e. The highest BCUT2D eigenvalue weighted by molar-refractivity contribution is 6.30. The van der Waals surface area contributed by atoms with Gasteiger partial charge in [-0.2, -0.15) is 0 Å². The third-order valence-electron chi connectivity index (χ3n) is 4.28. The van der Waals surface area contributed by atoms with Crippen LogP contribution in [0.2, 0.25) is 5.02 Å². The van der Waals surface area contributed by atoms with Crippen molar-refractivity contribution in [3.8, 4) is 5.75 Å². The summed E-state index contributed by atoms with van der Waals surface area (Å²) in [5, 5.41) is 9.00. The standard InChI is InChI=1S/C21H22ClN3O/c1-4-5-17-13-24-21(15-6-8-16(22)9-7-15)19-12-18(26-3)10-11-20(19)25(17)14(2)23/h5-12,23H,4,13H2,1-3H3. The third kappa shape index (κ3) is 3.51. The average molecular weight is 368 g/mol. The van der Waals surface area contributed by atoms with E-state index in [9.17, 15) is 0 Å². The first-order chi connectivity index (χ1) is 12.5. The summed E-state index contributed by atoms with van der Waals surface area (Å²) in [6, 6.07) is 13.6. The number of nitrogens with one attached hydrogen (secondary N) is 1. The van der Waals surface area contributed by atoms with Crippen LogP contribution >= 0.6 is 11.6 Å². The summed E-state index contributed by atoms with van der Waals surface area (Å²) in [5.41, 5.74) is 4.75. The Labute approximate surface area is 159 Å². The molecule has 2 aromatic rings. The molecule has 3 rings (SSSR count). The van der Waals surface area contributed by atoms with Crippen molar-refractivity contribution < 1.29 is 4.74 Å². The molecule has 1 aliphatic heterocycles. The van der Waals surface area contributed by atoms with Crippen LogP contribution in [0.3, 0.4) is 0 Å². The Hall–Kier alpha value is -2.59. The summed E-state index contributed by atoms with van der Waals surface area (Å²) in [6.07, 6.45) is 3.01. The lowest BCUT2D eigenvalue weighted by atomic mass is 9.99. The van der Waals surface area contributed by atoms with Gasteiger partial charge in [-0.25, -0.2) is 0 Å². The number of nitrogens with zero attached hydrogens (tertiary/aromatic N) is 2. The van der Waals surface area contributed by atoms with Crippen LogP contribution in [0.4, 0.5) is 5.69 Å². The van der Waals surface area contributed by atoms with Crippen molar-refractivity contribution in [2.75, 3.05) is 18.6 Å². The van der Waals surface area contributed by atoms with Crippen LogP contribution in [-0.2, 0) is 0 Å². The largest absolute Gasteiger partial charge is 0.497 e. The number of hydrogen-bond donors (Lipinski definition) is 1. The summed E-state index contributed by atoms with van der Waals surface area (Å²) in [6.45, 7) is 4.40. The SMILES string of the molecule is CCC=C1CN=C(c2ccc(Cl)cc2)c2cc(OC)ccc2N1C(C)=N. The van der Waals surface area contributed by atoms with Gasteiger partial charge in [0, 0.05) is 21.8 Å². The highest BCUT2D eigenvalue weighted by atomic mass is 35.5. The lowest BCUT2D eigenvalue weighted by molar-refractivity contribution is 0.415. The van der Waals surface area contributed by atoms with Gasteiger partial charge in [0.05, 0.1) is 25.1 Å². The topological polar surface area (TPSA) is 48.7 Å². The molecule has 0 atom stereocenters. The Kier molecular flexibility index (Phi) is 5.43. The summed E-state index contributed by atoms with van der Waals surface area (Å²) >= 11 is 6.05. The van der Waals surface area contributed by atoms with Crippen molar-refractivity contribution in [2.24, 2.45) is 4.99 Å². The average Bonchev–Trinajstić information content (AvgIpc) is 2.79. The maximum atomic E-state index is 8.31. The molecule has 0 unspecified atom stereocenters. The zero-order chi connectivity index (χ0) is 18.7. The van der Waals surface area contributed by atoms with Crippen molar-refractivity contribution in [3.05, 3.63) is 70.4 Å². The lowest BCUT2D eigenvalue weighted by Gasteiger charge is -2.26. The molecular weight excluding hydrogens is 346 g/mol. The monoisotopic (exact) mass is 367 g/mol. The number of allylic oxidation sites excluding steroid dienone is 1. The molecule has 26 heavy (non-hydrogen) atoms. The van der Waals surface area contributed by atoms with Gasteiger partial charge in [0.1, 0.15) is 11.6 Å². The number of benzene rings is 2. The van der Waals surface area contributed by atoms with Gasteiger partial charge >= 0.3 is 0 Å². The number of benzodiazepines with no additional fused rings is 1. The second-order valence-electron chi connectivity index (χ2n) is 6.08. The molecular formula is C21H22ClN3O. The van der Waals surface area contributed by atoms with E-state index in [4.69, 9.17) is 26.7 Å². The number of hydrogen-bond acceptors (Lipinski definition) is 3. The summed E-state index contributed by atoms with van der Waals surface area (Å²) in [5.74, 6) is 1.22. The molecule has 0 amide bonds. The summed E-state index contributed by atoms with van der Waals surface area (Å²) < 4.78 is 5.43. The molecule has 2 aromatic carbocycles.